The Kier molecular flexibility index (Phi) is 7.07. The molecule has 0 aromatic heterocycles. The molecule has 1 aliphatic heterocycles. The average molecular weight is 433 g/mol. The molecule has 0 bridgehead atoms. The quantitative estimate of drug-likeness (QED) is 0.660. The zero-order valence-corrected chi connectivity index (χ0v) is 20.2. The molecule has 5 nitrogen and oxygen atoms in total. The van der Waals surface area contributed by atoms with Gasteiger partial charge < -0.3 is 23.7 Å². The van der Waals surface area contributed by atoms with Crippen LogP contribution >= 0.6 is 0 Å². The third-order valence-corrected chi connectivity index (χ3v) is 11.0. The fourth-order valence-electron chi connectivity index (χ4n) is 3.58. The van der Waals surface area contributed by atoms with Crippen LogP contribution in [0.3, 0.4) is 0 Å². The summed E-state index contributed by atoms with van der Waals surface area (Å²) in [4.78, 5) is 0. The SMILES string of the molecule is CO[C@@H]1O[C@@H](C)[C@H](O[Si](C)(C)C(C)(C)C)[C@@H](OCc2ccc3ccccc3c2)[C@H]1O. The Hall–Kier alpha value is -1.28. The number of benzene rings is 2. The summed E-state index contributed by atoms with van der Waals surface area (Å²) in [6.45, 7) is 13.4. The van der Waals surface area contributed by atoms with Crippen molar-refractivity contribution >= 4 is 19.1 Å². The van der Waals surface area contributed by atoms with Crippen LogP contribution in [0, 0.1) is 0 Å². The molecule has 5 atom stereocenters. The zero-order valence-electron chi connectivity index (χ0n) is 19.2. The Balaban J connectivity index is 1.81. The minimum Gasteiger partial charge on any atom is -0.409 e. The lowest BCUT2D eigenvalue weighted by molar-refractivity contribution is -0.292. The summed E-state index contributed by atoms with van der Waals surface area (Å²) in [5.74, 6) is 0. The summed E-state index contributed by atoms with van der Waals surface area (Å²) in [6, 6.07) is 14.5. The molecule has 1 aliphatic rings. The summed E-state index contributed by atoms with van der Waals surface area (Å²) in [5.41, 5.74) is 1.06. The molecular weight excluding hydrogens is 396 g/mol. The fourth-order valence-corrected chi connectivity index (χ4v) is 4.93. The van der Waals surface area contributed by atoms with Gasteiger partial charge in [-0.15, -0.1) is 0 Å². The maximum atomic E-state index is 10.9. The van der Waals surface area contributed by atoms with Crippen molar-refractivity contribution < 1.29 is 23.7 Å². The number of fused-ring (bicyclic) bond motifs is 1. The summed E-state index contributed by atoms with van der Waals surface area (Å²) in [7, 11) is -0.556. The van der Waals surface area contributed by atoms with Crippen molar-refractivity contribution in [3.63, 3.8) is 0 Å². The molecule has 30 heavy (non-hydrogen) atoms. The van der Waals surface area contributed by atoms with Crippen LogP contribution in [0.1, 0.15) is 33.3 Å². The van der Waals surface area contributed by atoms with E-state index in [1.165, 1.54) is 17.9 Å². The normalized spacial score (nSPS) is 28.1. The van der Waals surface area contributed by atoms with Gasteiger partial charge in [0.1, 0.15) is 12.2 Å². The van der Waals surface area contributed by atoms with Gasteiger partial charge in [0.25, 0.3) is 0 Å². The first-order valence-corrected chi connectivity index (χ1v) is 13.6. The molecule has 6 heteroatoms. The highest BCUT2D eigenvalue weighted by Crippen LogP contribution is 2.40. The van der Waals surface area contributed by atoms with Crippen LogP contribution in [0.25, 0.3) is 10.8 Å². The highest BCUT2D eigenvalue weighted by molar-refractivity contribution is 6.74. The minimum atomic E-state index is -2.09. The number of hydrogen-bond acceptors (Lipinski definition) is 5. The van der Waals surface area contributed by atoms with Crippen LogP contribution in [0.4, 0.5) is 0 Å². The van der Waals surface area contributed by atoms with Gasteiger partial charge in [-0.2, -0.15) is 0 Å². The first-order chi connectivity index (χ1) is 14.0. The molecule has 1 saturated heterocycles. The number of rotatable bonds is 6. The van der Waals surface area contributed by atoms with E-state index < -0.39 is 26.8 Å². The minimum absolute atomic E-state index is 0.0404. The van der Waals surface area contributed by atoms with Gasteiger partial charge in [-0.1, -0.05) is 57.2 Å². The maximum Gasteiger partial charge on any atom is 0.192 e. The Labute approximate surface area is 181 Å². The number of methoxy groups -OCH3 is 1. The van der Waals surface area contributed by atoms with Crippen LogP contribution in [-0.2, 0) is 25.2 Å². The average Bonchev–Trinajstić information content (AvgIpc) is 2.69. The van der Waals surface area contributed by atoms with E-state index >= 15 is 0 Å². The van der Waals surface area contributed by atoms with E-state index in [1.807, 2.05) is 19.1 Å². The summed E-state index contributed by atoms with van der Waals surface area (Å²) >= 11 is 0. The highest BCUT2D eigenvalue weighted by Gasteiger charge is 2.49. The van der Waals surface area contributed by atoms with E-state index in [0.717, 1.165) is 5.56 Å². The van der Waals surface area contributed by atoms with E-state index in [-0.39, 0.29) is 17.2 Å². The van der Waals surface area contributed by atoms with Gasteiger partial charge in [0.05, 0.1) is 18.8 Å². The van der Waals surface area contributed by atoms with Crippen molar-refractivity contribution in [3.05, 3.63) is 48.0 Å². The second-order valence-corrected chi connectivity index (χ2v) is 14.5. The van der Waals surface area contributed by atoms with Crippen molar-refractivity contribution in [1.82, 2.24) is 0 Å². The second-order valence-electron chi connectivity index (χ2n) is 9.74. The molecule has 166 valence electrons. The lowest BCUT2D eigenvalue weighted by Gasteiger charge is -2.48. The van der Waals surface area contributed by atoms with Crippen LogP contribution in [0.5, 0.6) is 0 Å². The predicted molar refractivity (Wildman–Crippen MR) is 122 cm³/mol. The maximum absolute atomic E-state index is 10.9. The predicted octanol–water partition coefficient (Wildman–Crippen LogP) is 4.87. The van der Waals surface area contributed by atoms with Gasteiger partial charge >= 0.3 is 0 Å². The molecule has 3 rings (SSSR count). The van der Waals surface area contributed by atoms with Gasteiger partial charge in [-0.05, 0) is 47.5 Å². The van der Waals surface area contributed by atoms with E-state index in [1.54, 1.807) is 0 Å². The number of aliphatic hydroxyl groups is 1. The number of ether oxygens (including phenoxy) is 3. The Morgan fingerprint density at radius 3 is 2.33 bits per heavy atom. The number of hydrogen-bond donors (Lipinski definition) is 1. The van der Waals surface area contributed by atoms with Crippen LogP contribution in [0.15, 0.2) is 42.5 Å². The standard InChI is InChI=1S/C24H36O5Si/c1-16-21(29-30(6,7)24(2,3)4)22(20(25)23(26-5)28-16)27-15-17-12-13-18-10-8-9-11-19(18)14-17/h8-14,16,20-23,25H,15H2,1-7H3/t16-,20+,21-,22-,23+/m0/s1. The van der Waals surface area contributed by atoms with E-state index in [9.17, 15) is 5.11 Å². The molecule has 1 N–H and O–H groups in total. The van der Waals surface area contributed by atoms with Crippen molar-refractivity contribution in [2.24, 2.45) is 0 Å². The molecule has 0 unspecified atom stereocenters. The molecule has 0 spiro atoms. The molecular formula is C24H36O5Si. The summed E-state index contributed by atoms with van der Waals surface area (Å²) < 4.78 is 24.2. The lowest BCUT2D eigenvalue weighted by atomic mass is 9.99. The first kappa shape index (κ1) is 23.4. The Morgan fingerprint density at radius 2 is 1.70 bits per heavy atom. The molecule has 0 aliphatic carbocycles. The highest BCUT2D eigenvalue weighted by atomic mass is 28.4. The van der Waals surface area contributed by atoms with Gasteiger partial charge in [-0.3, -0.25) is 0 Å². The van der Waals surface area contributed by atoms with E-state index in [2.05, 4.69) is 64.2 Å². The Morgan fingerprint density at radius 1 is 1.03 bits per heavy atom. The van der Waals surface area contributed by atoms with Gasteiger partial charge in [0, 0.05) is 7.11 Å². The molecule has 2 aromatic rings. The fraction of sp³-hybridized carbons (Fsp3) is 0.583. The third kappa shape index (κ3) is 4.95. The summed E-state index contributed by atoms with van der Waals surface area (Å²) in [6.07, 6.45) is -2.83. The van der Waals surface area contributed by atoms with Crippen molar-refractivity contribution in [2.45, 2.75) is 83.1 Å². The molecule has 1 heterocycles. The Bertz CT molecular complexity index is 847. The van der Waals surface area contributed by atoms with Crippen molar-refractivity contribution in [3.8, 4) is 0 Å². The molecule has 1 fully saturated rings. The topological polar surface area (TPSA) is 57.2 Å². The van der Waals surface area contributed by atoms with Crippen LogP contribution in [-0.4, -0.2) is 51.2 Å². The second kappa shape index (κ2) is 9.07. The number of aliphatic hydroxyl groups excluding tert-OH is 1. The van der Waals surface area contributed by atoms with E-state index in [0.29, 0.717) is 6.61 Å². The zero-order chi connectivity index (χ0) is 22.1. The monoisotopic (exact) mass is 432 g/mol. The summed E-state index contributed by atoms with van der Waals surface area (Å²) in [5, 5.41) is 13.3. The van der Waals surface area contributed by atoms with Gasteiger partial charge in [0.2, 0.25) is 0 Å². The molecule has 0 radical (unpaired) electrons. The van der Waals surface area contributed by atoms with Gasteiger partial charge in [-0.25, -0.2) is 0 Å². The largest absolute Gasteiger partial charge is 0.409 e. The smallest absolute Gasteiger partial charge is 0.192 e. The lowest BCUT2D eigenvalue weighted by Crippen LogP contribution is -2.62. The van der Waals surface area contributed by atoms with Crippen molar-refractivity contribution in [2.75, 3.05) is 7.11 Å². The van der Waals surface area contributed by atoms with Crippen molar-refractivity contribution in [1.29, 1.82) is 0 Å². The van der Waals surface area contributed by atoms with Crippen LogP contribution in [0.2, 0.25) is 18.1 Å². The van der Waals surface area contributed by atoms with Gasteiger partial charge in [0.15, 0.2) is 14.6 Å². The van der Waals surface area contributed by atoms with E-state index in [4.69, 9.17) is 18.6 Å². The third-order valence-electron chi connectivity index (χ3n) is 6.48. The molecule has 2 aromatic carbocycles. The molecule has 0 amide bonds. The van der Waals surface area contributed by atoms with Crippen LogP contribution < -0.4 is 0 Å². The molecule has 0 saturated carbocycles. The first-order valence-electron chi connectivity index (χ1n) is 10.7.